The molecule has 0 aliphatic carbocycles. The number of aliphatic carboxylic acids is 1. The summed E-state index contributed by atoms with van der Waals surface area (Å²) in [4.78, 5) is 24.6. The molecule has 2 amide bonds. The van der Waals surface area contributed by atoms with Gasteiger partial charge in [0.1, 0.15) is 5.82 Å². The van der Waals surface area contributed by atoms with Gasteiger partial charge in [-0.25, -0.2) is 9.18 Å². The van der Waals surface area contributed by atoms with Crippen molar-refractivity contribution in [2.75, 3.05) is 26.7 Å². The molecule has 2 rings (SSSR count). The van der Waals surface area contributed by atoms with E-state index in [1.54, 1.807) is 17.0 Å². The molecule has 1 fully saturated rings. The lowest BCUT2D eigenvalue weighted by atomic mass is 9.97. The molecule has 0 saturated carbocycles. The molecular formula is C16H21FN2O4. The molecule has 1 unspecified atom stereocenters. The molecule has 2 N–H and O–H groups in total. The molecule has 0 radical (unpaired) electrons. The Labute approximate surface area is 134 Å². The minimum atomic E-state index is -0.805. The summed E-state index contributed by atoms with van der Waals surface area (Å²) >= 11 is 0. The summed E-state index contributed by atoms with van der Waals surface area (Å²) in [6.07, 6.45) is 0.569. The lowest BCUT2D eigenvalue weighted by Crippen LogP contribution is -2.46. The average Bonchev–Trinajstić information content (AvgIpc) is 2.56. The van der Waals surface area contributed by atoms with Crippen LogP contribution in [0, 0.1) is 11.7 Å². The number of carboxylic acids is 1. The number of nitrogens with zero attached hydrogens (tertiary/aromatic N) is 1. The van der Waals surface area contributed by atoms with E-state index >= 15 is 0 Å². The minimum absolute atomic E-state index is 0.238. The summed E-state index contributed by atoms with van der Waals surface area (Å²) in [6.45, 7) is 1.12. The Morgan fingerprint density at radius 3 is 2.48 bits per heavy atom. The number of hydrogen-bond donors (Lipinski definition) is 2. The van der Waals surface area contributed by atoms with Crippen LogP contribution in [0.3, 0.4) is 0 Å². The number of carbonyl (C=O) groups excluding carboxylic acids is 1. The lowest BCUT2D eigenvalue weighted by molar-refractivity contribution is -0.143. The quantitative estimate of drug-likeness (QED) is 0.868. The van der Waals surface area contributed by atoms with Crippen LogP contribution in [0.4, 0.5) is 9.18 Å². The molecule has 1 aliphatic heterocycles. The Hall–Kier alpha value is -2.15. The van der Waals surface area contributed by atoms with Crippen LogP contribution < -0.4 is 5.32 Å². The Morgan fingerprint density at radius 2 is 1.96 bits per heavy atom. The van der Waals surface area contributed by atoms with Gasteiger partial charge in [-0.2, -0.15) is 0 Å². The van der Waals surface area contributed by atoms with Crippen molar-refractivity contribution in [3.05, 3.63) is 35.6 Å². The summed E-state index contributed by atoms with van der Waals surface area (Å²) in [5.41, 5.74) is 0.777. The maximum atomic E-state index is 12.9. The number of nitrogens with one attached hydrogen (secondary N) is 1. The summed E-state index contributed by atoms with van der Waals surface area (Å²) < 4.78 is 18.3. The molecule has 126 valence electrons. The molecule has 0 spiro atoms. The first-order chi connectivity index (χ1) is 11.0. The van der Waals surface area contributed by atoms with Crippen LogP contribution in [0.1, 0.15) is 24.5 Å². The van der Waals surface area contributed by atoms with Crippen molar-refractivity contribution < 1.29 is 23.8 Å². The minimum Gasteiger partial charge on any atom is -0.481 e. The number of methoxy groups -OCH3 is 1. The molecule has 1 heterocycles. The summed E-state index contributed by atoms with van der Waals surface area (Å²) in [7, 11) is 1.53. The molecule has 1 aromatic rings. The van der Waals surface area contributed by atoms with Crippen LogP contribution in [0.15, 0.2) is 24.3 Å². The second kappa shape index (κ2) is 7.92. The maximum absolute atomic E-state index is 12.9. The largest absolute Gasteiger partial charge is 0.481 e. The number of amides is 2. The number of hydrogen-bond acceptors (Lipinski definition) is 3. The normalized spacial score (nSPS) is 16.9. The standard InChI is InChI=1S/C16H21FN2O4/c1-23-14(11-2-4-13(17)5-3-11)10-18-16(22)19-8-6-12(7-9-19)15(20)21/h2-5,12,14H,6-10H2,1H3,(H,18,22)(H,20,21). The van der Waals surface area contributed by atoms with E-state index in [2.05, 4.69) is 5.32 Å². The molecule has 6 nitrogen and oxygen atoms in total. The number of likely N-dealkylation sites (tertiary alicyclic amines) is 1. The number of carboxylic acid groups (broad SMARTS) is 1. The van der Waals surface area contributed by atoms with E-state index in [-0.39, 0.29) is 30.4 Å². The fourth-order valence-electron chi connectivity index (χ4n) is 2.64. The van der Waals surface area contributed by atoms with Crippen LogP contribution in [-0.2, 0) is 9.53 Å². The van der Waals surface area contributed by atoms with Gasteiger partial charge < -0.3 is 20.1 Å². The molecular weight excluding hydrogens is 303 g/mol. The van der Waals surface area contributed by atoms with Crippen molar-refractivity contribution >= 4 is 12.0 Å². The van der Waals surface area contributed by atoms with E-state index in [4.69, 9.17) is 9.84 Å². The predicted molar refractivity (Wildman–Crippen MR) is 81.5 cm³/mol. The van der Waals surface area contributed by atoms with Gasteiger partial charge in [0.15, 0.2) is 0 Å². The average molecular weight is 324 g/mol. The van der Waals surface area contributed by atoms with Crippen molar-refractivity contribution in [2.45, 2.75) is 18.9 Å². The second-order valence-corrected chi connectivity index (χ2v) is 5.56. The lowest BCUT2D eigenvalue weighted by Gasteiger charge is -2.30. The molecule has 1 aromatic carbocycles. The van der Waals surface area contributed by atoms with Crippen LogP contribution in [0.2, 0.25) is 0 Å². The van der Waals surface area contributed by atoms with Crippen molar-refractivity contribution in [3.63, 3.8) is 0 Å². The number of ether oxygens (including phenoxy) is 1. The van der Waals surface area contributed by atoms with E-state index in [1.807, 2.05) is 0 Å². The zero-order valence-corrected chi connectivity index (χ0v) is 13.0. The highest BCUT2D eigenvalue weighted by atomic mass is 19.1. The first-order valence-electron chi connectivity index (χ1n) is 7.55. The van der Waals surface area contributed by atoms with E-state index in [0.29, 0.717) is 25.9 Å². The molecule has 1 saturated heterocycles. The third-order valence-corrected chi connectivity index (χ3v) is 4.10. The van der Waals surface area contributed by atoms with Crippen molar-refractivity contribution in [3.8, 4) is 0 Å². The zero-order chi connectivity index (χ0) is 16.8. The Balaban J connectivity index is 1.83. The molecule has 7 heteroatoms. The fraction of sp³-hybridized carbons (Fsp3) is 0.500. The number of rotatable bonds is 5. The van der Waals surface area contributed by atoms with E-state index in [0.717, 1.165) is 5.56 Å². The molecule has 0 bridgehead atoms. The Bertz CT molecular complexity index is 542. The van der Waals surface area contributed by atoms with E-state index < -0.39 is 5.97 Å². The third kappa shape index (κ3) is 4.66. The van der Waals surface area contributed by atoms with E-state index in [9.17, 15) is 14.0 Å². The summed E-state index contributed by atoms with van der Waals surface area (Å²) in [5, 5.41) is 11.7. The van der Waals surface area contributed by atoms with E-state index in [1.165, 1.54) is 19.2 Å². The van der Waals surface area contributed by atoms with Gasteiger partial charge in [-0.15, -0.1) is 0 Å². The Morgan fingerprint density at radius 1 is 1.35 bits per heavy atom. The number of piperidine rings is 1. The first kappa shape index (κ1) is 17.2. The third-order valence-electron chi connectivity index (χ3n) is 4.10. The highest BCUT2D eigenvalue weighted by Gasteiger charge is 2.27. The van der Waals surface area contributed by atoms with Gasteiger partial charge in [0.2, 0.25) is 0 Å². The van der Waals surface area contributed by atoms with Gasteiger partial charge in [0.05, 0.1) is 12.0 Å². The number of benzene rings is 1. The Kier molecular flexibility index (Phi) is 5.92. The fourth-order valence-corrected chi connectivity index (χ4v) is 2.64. The maximum Gasteiger partial charge on any atom is 0.317 e. The SMILES string of the molecule is COC(CNC(=O)N1CCC(C(=O)O)CC1)c1ccc(F)cc1. The van der Waals surface area contributed by atoms with Crippen LogP contribution in [0.5, 0.6) is 0 Å². The summed E-state index contributed by atoms with van der Waals surface area (Å²) in [5.74, 6) is -1.50. The summed E-state index contributed by atoms with van der Waals surface area (Å²) in [6, 6.07) is 5.69. The van der Waals surface area contributed by atoms with Crippen LogP contribution in [0.25, 0.3) is 0 Å². The zero-order valence-electron chi connectivity index (χ0n) is 13.0. The molecule has 1 aliphatic rings. The van der Waals surface area contributed by atoms with Gasteiger partial charge in [0, 0.05) is 26.7 Å². The molecule has 0 aromatic heterocycles. The van der Waals surface area contributed by atoms with Crippen molar-refractivity contribution in [1.29, 1.82) is 0 Å². The monoisotopic (exact) mass is 324 g/mol. The first-order valence-corrected chi connectivity index (χ1v) is 7.55. The molecule has 23 heavy (non-hydrogen) atoms. The molecule has 1 atom stereocenters. The predicted octanol–water partition coefficient (Wildman–Crippen LogP) is 2.02. The second-order valence-electron chi connectivity index (χ2n) is 5.56. The highest BCUT2D eigenvalue weighted by Crippen LogP contribution is 2.18. The van der Waals surface area contributed by atoms with Crippen LogP contribution >= 0.6 is 0 Å². The number of carbonyl (C=O) groups is 2. The number of urea groups is 1. The van der Waals surface area contributed by atoms with Crippen molar-refractivity contribution in [1.82, 2.24) is 10.2 Å². The topological polar surface area (TPSA) is 78.9 Å². The van der Waals surface area contributed by atoms with Gasteiger partial charge in [-0.1, -0.05) is 12.1 Å². The smallest absolute Gasteiger partial charge is 0.317 e. The van der Waals surface area contributed by atoms with Gasteiger partial charge in [-0.3, -0.25) is 4.79 Å². The van der Waals surface area contributed by atoms with Gasteiger partial charge >= 0.3 is 12.0 Å². The number of halogens is 1. The van der Waals surface area contributed by atoms with Crippen LogP contribution in [-0.4, -0.2) is 48.8 Å². The van der Waals surface area contributed by atoms with Gasteiger partial charge in [-0.05, 0) is 30.5 Å². The highest BCUT2D eigenvalue weighted by molar-refractivity contribution is 5.75. The van der Waals surface area contributed by atoms with Crippen molar-refractivity contribution in [2.24, 2.45) is 5.92 Å². The van der Waals surface area contributed by atoms with Gasteiger partial charge in [0.25, 0.3) is 0 Å².